The summed E-state index contributed by atoms with van der Waals surface area (Å²) in [5.74, 6) is 0.219. The molecule has 2 heterocycles. The summed E-state index contributed by atoms with van der Waals surface area (Å²) in [6.45, 7) is 2.03. The van der Waals surface area contributed by atoms with Crippen LogP contribution in [0, 0.1) is 6.92 Å². The van der Waals surface area contributed by atoms with Crippen molar-refractivity contribution in [1.82, 2.24) is 5.32 Å². The summed E-state index contributed by atoms with van der Waals surface area (Å²) in [5, 5.41) is 2.65. The standard InChI is InChI=1S/C19H14N2O4S/c1-11-4-2-3-5-14(11)21-18(23)13(17(22)20-19(21)26)8-12-6-7-15-16(9-12)25-10-24-15/h2-9H,10H2,1H3,(H,20,22,26)/b13-8+. The van der Waals surface area contributed by atoms with E-state index in [-0.39, 0.29) is 17.5 Å². The first-order valence-electron chi connectivity index (χ1n) is 7.91. The van der Waals surface area contributed by atoms with Crippen LogP contribution in [0.4, 0.5) is 5.69 Å². The van der Waals surface area contributed by atoms with Crippen molar-refractivity contribution in [1.29, 1.82) is 0 Å². The Kier molecular flexibility index (Phi) is 3.93. The molecule has 0 saturated carbocycles. The third-order valence-corrected chi connectivity index (χ3v) is 4.45. The molecule has 1 saturated heterocycles. The van der Waals surface area contributed by atoms with Crippen molar-refractivity contribution >= 4 is 40.9 Å². The van der Waals surface area contributed by atoms with Crippen molar-refractivity contribution < 1.29 is 19.1 Å². The monoisotopic (exact) mass is 366 g/mol. The van der Waals surface area contributed by atoms with Crippen LogP contribution in [-0.2, 0) is 9.59 Å². The predicted molar refractivity (Wildman–Crippen MR) is 99.9 cm³/mol. The molecule has 2 aromatic rings. The van der Waals surface area contributed by atoms with Gasteiger partial charge in [0.15, 0.2) is 16.6 Å². The van der Waals surface area contributed by atoms with E-state index in [0.717, 1.165) is 5.56 Å². The number of rotatable bonds is 2. The molecule has 2 amide bonds. The second-order valence-corrected chi connectivity index (χ2v) is 6.24. The number of thiocarbonyl (C=S) groups is 1. The number of aryl methyl sites for hydroxylation is 1. The molecular weight excluding hydrogens is 352 g/mol. The van der Waals surface area contributed by atoms with E-state index in [4.69, 9.17) is 21.7 Å². The normalized spacial score (nSPS) is 17.7. The van der Waals surface area contributed by atoms with Crippen LogP contribution in [-0.4, -0.2) is 23.7 Å². The second kappa shape index (κ2) is 6.27. The highest BCUT2D eigenvalue weighted by Gasteiger charge is 2.35. The lowest BCUT2D eigenvalue weighted by molar-refractivity contribution is -0.122. The van der Waals surface area contributed by atoms with Gasteiger partial charge in [0.05, 0.1) is 5.69 Å². The molecule has 2 aliphatic heterocycles. The van der Waals surface area contributed by atoms with E-state index in [1.54, 1.807) is 24.3 Å². The van der Waals surface area contributed by atoms with Gasteiger partial charge in [0.25, 0.3) is 11.8 Å². The number of hydrogen-bond acceptors (Lipinski definition) is 5. The number of hydrogen-bond donors (Lipinski definition) is 1. The highest BCUT2D eigenvalue weighted by Crippen LogP contribution is 2.33. The van der Waals surface area contributed by atoms with Gasteiger partial charge in [0.1, 0.15) is 5.57 Å². The number of carbonyl (C=O) groups is 2. The molecule has 0 aromatic heterocycles. The first kappa shape index (κ1) is 16.3. The van der Waals surface area contributed by atoms with Crippen LogP contribution < -0.4 is 19.7 Å². The van der Waals surface area contributed by atoms with E-state index < -0.39 is 11.8 Å². The maximum absolute atomic E-state index is 13.0. The Morgan fingerprint density at radius 3 is 2.69 bits per heavy atom. The minimum absolute atomic E-state index is 0.000665. The van der Waals surface area contributed by atoms with E-state index in [0.29, 0.717) is 22.7 Å². The van der Waals surface area contributed by atoms with Crippen LogP contribution in [0.5, 0.6) is 11.5 Å². The Labute approximate surface area is 155 Å². The third kappa shape index (κ3) is 2.72. The van der Waals surface area contributed by atoms with E-state index in [1.165, 1.54) is 11.0 Å². The van der Waals surface area contributed by atoms with Gasteiger partial charge >= 0.3 is 0 Å². The Morgan fingerprint density at radius 2 is 1.88 bits per heavy atom. The maximum atomic E-state index is 13.0. The highest BCUT2D eigenvalue weighted by atomic mass is 32.1. The molecule has 0 aliphatic carbocycles. The number of fused-ring (bicyclic) bond motifs is 1. The van der Waals surface area contributed by atoms with Crippen molar-refractivity contribution in [3.05, 3.63) is 59.2 Å². The summed E-state index contributed by atoms with van der Waals surface area (Å²) in [4.78, 5) is 26.7. The molecule has 26 heavy (non-hydrogen) atoms. The average molecular weight is 366 g/mol. The lowest BCUT2D eigenvalue weighted by Gasteiger charge is -2.30. The Balaban J connectivity index is 1.74. The molecule has 0 unspecified atom stereocenters. The fourth-order valence-electron chi connectivity index (χ4n) is 2.86. The molecule has 6 nitrogen and oxygen atoms in total. The van der Waals surface area contributed by atoms with E-state index in [1.807, 2.05) is 25.1 Å². The first-order valence-corrected chi connectivity index (χ1v) is 8.32. The molecule has 130 valence electrons. The smallest absolute Gasteiger partial charge is 0.270 e. The summed E-state index contributed by atoms with van der Waals surface area (Å²) in [6.07, 6.45) is 1.52. The molecule has 7 heteroatoms. The minimum Gasteiger partial charge on any atom is -0.454 e. The van der Waals surface area contributed by atoms with Crippen molar-refractivity contribution in [2.75, 3.05) is 11.7 Å². The van der Waals surface area contributed by atoms with Crippen molar-refractivity contribution in [3.8, 4) is 11.5 Å². The van der Waals surface area contributed by atoms with Gasteiger partial charge in [-0.1, -0.05) is 24.3 Å². The highest BCUT2D eigenvalue weighted by molar-refractivity contribution is 7.80. The molecule has 0 bridgehead atoms. The van der Waals surface area contributed by atoms with Gasteiger partial charge < -0.3 is 9.47 Å². The fourth-order valence-corrected chi connectivity index (χ4v) is 3.13. The molecule has 1 N–H and O–H groups in total. The maximum Gasteiger partial charge on any atom is 0.270 e. The zero-order valence-corrected chi connectivity index (χ0v) is 14.6. The van der Waals surface area contributed by atoms with Gasteiger partial charge in [-0.05, 0) is 54.5 Å². The zero-order valence-electron chi connectivity index (χ0n) is 13.8. The number of para-hydroxylation sites is 1. The van der Waals surface area contributed by atoms with E-state index >= 15 is 0 Å². The van der Waals surface area contributed by atoms with Gasteiger partial charge in [-0.25, -0.2) is 0 Å². The number of amides is 2. The van der Waals surface area contributed by atoms with Crippen LogP contribution in [0.25, 0.3) is 6.08 Å². The quantitative estimate of drug-likeness (QED) is 0.503. The summed E-state index contributed by atoms with van der Waals surface area (Å²) >= 11 is 5.21. The van der Waals surface area contributed by atoms with E-state index in [2.05, 4.69) is 5.32 Å². The molecular formula is C19H14N2O4S. The number of nitrogens with one attached hydrogen (secondary N) is 1. The number of anilines is 1. The predicted octanol–water partition coefficient (Wildman–Crippen LogP) is 2.56. The summed E-state index contributed by atoms with van der Waals surface area (Å²) < 4.78 is 10.6. The minimum atomic E-state index is -0.525. The molecule has 4 rings (SSSR count). The molecule has 0 spiro atoms. The van der Waals surface area contributed by atoms with Gasteiger partial charge in [-0.3, -0.25) is 19.8 Å². The van der Waals surface area contributed by atoms with Gasteiger partial charge in [-0.15, -0.1) is 0 Å². The average Bonchev–Trinajstić information content (AvgIpc) is 3.08. The molecule has 2 aliphatic rings. The first-order chi connectivity index (χ1) is 12.5. The Morgan fingerprint density at radius 1 is 1.12 bits per heavy atom. The summed E-state index contributed by atoms with van der Waals surface area (Å²) in [5.41, 5.74) is 2.17. The van der Waals surface area contributed by atoms with Gasteiger partial charge in [-0.2, -0.15) is 0 Å². The topological polar surface area (TPSA) is 67.9 Å². The second-order valence-electron chi connectivity index (χ2n) is 5.86. The Bertz CT molecular complexity index is 983. The van der Waals surface area contributed by atoms with Crippen molar-refractivity contribution in [3.63, 3.8) is 0 Å². The van der Waals surface area contributed by atoms with Crippen LogP contribution >= 0.6 is 12.2 Å². The van der Waals surface area contributed by atoms with Crippen LogP contribution in [0.1, 0.15) is 11.1 Å². The SMILES string of the molecule is Cc1ccccc1N1C(=O)/C(=C/c2ccc3c(c2)OCO3)C(=O)NC1=S. The van der Waals surface area contributed by atoms with Crippen molar-refractivity contribution in [2.45, 2.75) is 6.92 Å². The summed E-state index contributed by atoms with van der Waals surface area (Å²) in [6, 6.07) is 12.6. The van der Waals surface area contributed by atoms with Crippen LogP contribution in [0.2, 0.25) is 0 Å². The third-order valence-electron chi connectivity index (χ3n) is 4.17. The number of benzene rings is 2. The molecule has 0 atom stereocenters. The van der Waals surface area contributed by atoms with Crippen LogP contribution in [0.3, 0.4) is 0 Å². The van der Waals surface area contributed by atoms with Crippen LogP contribution in [0.15, 0.2) is 48.0 Å². The lowest BCUT2D eigenvalue weighted by Crippen LogP contribution is -2.54. The van der Waals surface area contributed by atoms with Gasteiger partial charge in [0, 0.05) is 0 Å². The lowest BCUT2D eigenvalue weighted by atomic mass is 10.1. The fraction of sp³-hybridized carbons (Fsp3) is 0.105. The van der Waals surface area contributed by atoms with Crippen molar-refractivity contribution in [2.24, 2.45) is 0 Å². The largest absolute Gasteiger partial charge is 0.454 e. The Hall–Kier alpha value is -3.19. The number of nitrogens with zero attached hydrogens (tertiary/aromatic N) is 1. The number of carbonyl (C=O) groups excluding carboxylic acids is 2. The molecule has 2 aromatic carbocycles. The molecule has 0 radical (unpaired) electrons. The number of ether oxygens (including phenoxy) is 2. The zero-order chi connectivity index (χ0) is 18.3. The van der Waals surface area contributed by atoms with E-state index in [9.17, 15) is 9.59 Å². The van der Waals surface area contributed by atoms with Gasteiger partial charge in [0.2, 0.25) is 6.79 Å². The summed E-state index contributed by atoms with van der Waals surface area (Å²) in [7, 11) is 0. The molecule has 1 fully saturated rings.